The fourth-order valence-corrected chi connectivity index (χ4v) is 2.31. The van der Waals surface area contributed by atoms with Crippen molar-refractivity contribution in [3.05, 3.63) is 39.7 Å². The van der Waals surface area contributed by atoms with E-state index >= 15 is 0 Å². The molecular formula is C15H16ClNO4. The topological polar surface area (TPSA) is 79.4 Å². The number of benzene rings is 1. The van der Waals surface area contributed by atoms with E-state index in [0.717, 1.165) is 6.42 Å². The first-order valence-electron chi connectivity index (χ1n) is 6.70. The summed E-state index contributed by atoms with van der Waals surface area (Å²) in [5.41, 5.74) is 0.00988. The van der Waals surface area contributed by atoms with Crippen LogP contribution in [0, 0.1) is 0 Å². The van der Waals surface area contributed by atoms with E-state index in [9.17, 15) is 14.7 Å². The molecule has 0 saturated carbocycles. The van der Waals surface area contributed by atoms with E-state index in [1.165, 1.54) is 0 Å². The Morgan fingerprint density at radius 1 is 1.43 bits per heavy atom. The van der Waals surface area contributed by atoms with E-state index in [2.05, 4.69) is 4.98 Å². The molecule has 112 valence electrons. The van der Waals surface area contributed by atoms with Crippen LogP contribution in [-0.2, 0) is 10.6 Å². The lowest BCUT2D eigenvalue weighted by molar-refractivity contribution is 0.0494. The van der Waals surface area contributed by atoms with Crippen LogP contribution in [0.4, 0.5) is 0 Å². The van der Waals surface area contributed by atoms with Gasteiger partial charge in [-0.3, -0.25) is 4.79 Å². The maximum absolute atomic E-state index is 12.0. The van der Waals surface area contributed by atoms with E-state index in [1.54, 1.807) is 18.2 Å². The number of hydrogen-bond acceptors (Lipinski definition) is 4. The zero-order chi connectivity index (χ0) is 15.4. The molecule has 1 heterocycles. The predicted molar refractivity (Wildman–Crippen MR) is 81.0 cm³/mol. The van der Waals surface area contributed by atoms with Crippen LogP contribution in [0.2, 0.25) is 0 Å². The molecule has 2 rings (SSSR count). The van der Waals surface area contributed by atoms with Crippen LogP contribution in [0.1, 0.15) is 35.7 Å². The predicted octanol–water partition coefficient (Wildman–Crippen LogP) is 2.93. The molecule has 0 unspecified atom stereocenters. The largest absolute Gasteiger partial charge is 0.506 e. The number of nitrogens with one attached hydrogen (secondary N) is 1. The van der Waals surface area contributed by atoms with Crippen molar-refractivity contribution in [1.82, 2.24) is 4.98 Å². The third-order valence-electron chi connectivity index (χ3n) is 3.18. The van der Waals surface area contributed by atoms with Crippen molar-refractivity contribution in [1.29, 1.82) is 0 Å². The van der Waals surface area contributed by atoms with Gasteiger partial charge in [0.05, 0.1) is 12.1 Å². The number of halogens is 1. The van der Waals surface area contributed by atoms with E-state index in [-0.39, 0.29) is 23.8 Å². The highest BCUT2D eigenvalue weighted by molar-refractivity contribution is 6.18. The van der Waals surface area contributed by atoms with E-state index in [1.807, 2.05) is 6.92 Å². The summed E-state index contributed by atoms with van der Waals surface area (Å²) >= 11 is 5.83. The lowest BCUT2D eigenvalue weighted by atomic mass is 10.1. The van der Waals surface area contributed by atoms with Crippen LogP contribution in [0.5, 0.6) is 5.75 Å². The number of fused-ring (bicyclic) bond motifs is 1. The summed E-state index contributed by atoms with van der Waals surface area (Å²) in [6, 6.07) is 5.08. The van der Waals surface area contributed by atoms with Gasteiger partial charge in [0.1, 0.15) is 5.75 Å². The summed E-state index contributed by atoms with van der Waals surface area (Å²) in [6.07, 6.45) is 1.56. The number of hydrogen-bond donors (Lipinski definition) is 2. The maximum atomic E-state index is 12.0. The summed E-state index contributed by atoms with van der Waals surface area (Å²) in [6.45, 7) is 2.17. The van der Waals surface area contributed by atoms with Gasteiger partial charge in [-0.1, -0.05) is 25.5 Å². The van der Waals surface area contributed by atoms with Crippen LogP contribution in [0.25, 0.3) is 10.9 Å². The number of carbonyl (C=O) groups is 1. The smallest absolute Gasteiger partial charge is 0.347 e. The highest BCUT2D eigenvalue weighted by atomic mass is 35.5. The highest BCUT2D eigenvalue weighted by Crippen LogP contribution is 2.29. The van der Waals surface area contributed by atoms with Gasteiger partial charge in [-0.15, -0.1) is 11.6 Å². The fourth-order valence-electron chi connectivity index (χ4n) is 2.08. The first kappa shape index (κ1) is 15.4. The molecule has 21 heavy (non-hydrogen) atoms. The first-order chi connectivity index (χ1) is 10.1. The van der Waals surface area contributed by atoms with E-state index in [0.29, 0.717) is 22.9 Å². The molecule has 1 aromatic heterocycles. The number of esters is 1. The van der Waals surface area contributed by atoms with E-state index in [4.69, 9.17) is 16.3 Å². The Bertz CT molecular complexity index is 723. The van der Waals surface area contributed by atoms with Crippen LogP contribution in [0.3, 0.4) is 0 Å². The number of rotatable bonds is 5. The van der Waals surface area contributed by atoms with Gasteiger partial charge in [0.15, 0.2) is 5.56 Å². The fraction of sp³-hybridized carbons (Fsp3) is 0.333. The average Bonchev–Trinajstić information content (AvgIpc) is 2.46. The molecule has 0 aliphatic heterocycles. The lowest BCUT2D eigenvalue weighted by Gasteiger charge is -2.10. The van der Waals surface area contributed by atoms with Gasteiger partial charge in [-0.05, 0) is 18.1 Å². The van der Waals surface area contributed by atoms with Crippen molar-refractivity contribution < 1.29 is 14.6 Å². The van der Waals surface area contributed by atoms with Crippen LogP contribution in [0.15, 0.2) is 23.0 Å². The minimum Gasteiger partial charge on any atom is -0.506 e. The lowest BCUT2D eigenvalue weighted by Crippen LogP contribution is -2.20. The van der Waals surface area contributed by atoms with Crippen LogP contribution in [-0.4, -0.2) is 22.7 Å². The van der Waals surface area contributed by atoms with Crippen molar-refractivity contribution in [2.75, 3.05) is 6.61 Å². The Kier molecular flexibility index (Phi) is 4.85. The number of aromatic amines is 1. The summed E-state index contributed by atoms with van der Waals surface area (Å²) in [5.74, 6) is -1.05. The van der Waals surface area contributed by atoms with Crippen molar-refractivity contribution in [2.24, 2.45) is 0 Å². The second-order valence-electron chi connectivity index (χ2n) is 4.64. The average molecular weight is 310 g/mol. The molecule has 0 amide bonds. The quantitative estimate of drug-likeness (QED) is 0.505. The van der Waals surface area contributed by atoms with Crippen molar-refractivity contribution in [3.8, 4) is 5.75 Å². The third kappa shape index (κ3) is 3.03. The van der Waals surface area contributed by atoms with Gasteiger partial charge in [-0.25, -0.2) is 4.79 Å². The zero-order valence-corrected chi connectivity index (χ0v) is 12.4. The number of aromatic nitrogens is 1. The Hall–Kier alpha value is -2.01. The maximum Gasteiger partial charge on any atom is 0.347 e. The first-order valence-corrected chi connectivity index (χ1v) is 7.23. The molecule has 6 heteroatoms. The zero-order valence-electron chi connectivity index (χ0n) is 11.6. The molecule has 0 aliphatic carbocycles. The standard InChI is InChI=1S/C15H16ClNO4/c1-2-3-7-21-15(20)12-13(18)11-9(8-16)5-4-6-10(11)17-14(12)19/h4-6H,2-3,7-8H2,1H3,(H2,17,18,19). The number of aromatic hydroxyl groups is 1. The molecule has 2 N–H and O–H groups in total. The summed E-state index contributed by atoms with van der Waals surface area (Å²) in [4.78, 5) is 26.5. The SMILES string of the molecule is CCCCOC(=O)c1c(O)c2c(CCl)cccc2[nH]c1=O. The van der Waals surface area contributed by atoms with Crippen LogP contribution >= 0.6 is 11.6 Å². The number of alkyl halides is 1. The Morgan fingerprint density at radius 2 is 2.19 bits per heavy atom. The van der Waals surface area contributed by atoms with Gasteiger partial charge in [0.25, 0.3) is 5.56 Å². The molecule has 2 aromatic rings. The van der Waals surface area contributed by atoms with Crippen molar-refractivity contribution in [2.45, 2.75) is 25.6 Å². The van der Waals surface area contributed by atoms with Gasteiger partial charge in [-0.2, -0.15) is 0 Å². The van der Waals surface area contributed by atoms with Gasteiger partial charge >= 0.3 is 5.97 Å². The number of H-pyrrole nitrogens is 1. The molecule has 0 saturated heterocycles. The Labute approximate surface area is 126 Å². The second kappa shape index (κ2) is 6.63. The molecule has 0 spiro atoms. The third-order valence-corrected chi connectivity index (χ3v) is 3.47. The highest BCUT2D eigenvalue weighted by Gasteiger charge is 2.21. The molecule has 0 bridgehead atoms. The number of pyridine rings is 1. The number of carbonyl (C=O) groups excluding carboxylic acids is 1. The molecule has 0 aliphatic rings. The van der Waals surface area contributed by atoms with Crippen molar-refractivity contribution in [3.63, 3.8) is 0 Å². The number of ether oxygens (including phenoxy) is 1. The minimum atomic E-state index is -0.825. The van der Waals surface area contributed by atoms with Gasteiger partial charge in [0.2, 0.25) is 0 Å². The Balaban J connectivity index is 2.54. The molecular weight excluding hydrogens is 294 g/mol. The van der Waals surface area contributed by atoms with Crippen molar-refractivity contribution >= 4 is 28.5 Å². The van der Waals surface area contributed by atoms with Gasteiger partial charge in [0, 0.05) is 11.3 Å². The second-order valence-corrected chi connectivity index (χ2v) is 4.91. The van der Waals surface area contributed by atoms with E-state index < -0.39 is 11.5 Å². The minimum absolute atomic E-state index is 0.154. The Morgan fingerprint density at radius 3 is 2.86 bits per heavy atom. The molecule has 0 atom stereocenters. The molecule has 0 radical (unpaired) electrons. The molecule has 5 nitrogen and oxygen atoms in total. The summed E-state index contributed by atoms with van der Waals surface area (Å²) in [7, 11) is 0. The monoisotopic (exact) mass is 309 g/mol. The summed E-state index contributed by atoms with van der Waals surface area (Å²) in [5, 5.41) is 10.7. The van der Waals surface area contributed by atoms with Crippen LogP contribution < -0.4 is 5.56 Å². The normalized spacial score (nSPS) is 10.8. The molecule has 0 fully saturated rings. The van der Waals surface area contributed by atoms with Gasteiger partial charge < -0.3 is 14.8 Å². The summed E-state index contributed by atoms with van der Waals surface area (Å²) < 4.78 is 5.00. The number of unbranched alkanes of at least 4 members (excludes halogenated alkanes) is 1. The molecule has 1 aromatic carbocycles.